The normalized spacial score (nSPS) is 31.0. The van der Waals surface area contributed by atoms with Crippen LogP contribution in [0.1, 0.15) is 25.3 Å². The first-order chi connectivity index (χ1) is 5.36. The minimum absolute atomic E-state index is 0.306. The zero-order valence-corrected chi connectivity index (χ0v) is 6.28. The van der Waals surface area contributed by atoms with E-state index in [0.29, 0.717) is 18.9 Å². The minimum atomic E-state index is -0.607. The molecule has 0 radical (unpaired) electrons. The Morgan fingerprint density at radius 1 is 1.45 bits per heavy atom. The van der Waals surface area contributed by atoms with Crippen LogP contribution in [0.5, 0.6) is 0 Å². The van der Waals surface area contributed by atoms with Crippen LogP contribution in [0.4, 0.5) is 4.39 Å². The average Bonchev–Trinajstić information content (AvgIpc) is 2.55. The smallest absolute Gasteiger partial charge is 0.102 e. The molecule has 1 heterocycles. The minimum Gasteiger partial charge on any atom is -0.270 e. The lowest BCUT2D eigenvalue weighted by Gasteiger charge is -2.07. The highest BCUT2D eigenvalue weighted by molar-refractivity contribution is 4.85. The van der Waals surface area contributed by atoms with Crippen LogP contribution in [0.25, 0.3) is 0 Å². The van der Waals surface area contributed by atoms with Crippen LogP contribution >= 0.6 is 0 Å². The van der Waals surface area contributed by atoms with Crippen molar-refractivity contribution in [2.45, 2.75) is 31.5 Å². The van der Waals surface area contributed by atoms with Crippen molar-refractivity contribution in [3.8, 4) is 0 Å². The first-order valence-corrected chi connectivity index (χ1v) is 3.99. The summed E-state index contributed by atoms with van der Waals surface area (Å²) in [6.45, 7) is 0. The van der Waals surface area contributed by atoms with E-state index < -0.39 is 6.17 Å². The number of hydrogen-bond acceptors (Lipinski definition) is 1. The van der Waals surface area contributed by atoms with E-state index in [-0.39, 0.29) is 0 Å². The topological polar surface area (TPSA) is 17.8 Å². The van der Waals surface area contributed by atoms with Crippen molar-refractivity contribution in [1.29, 1.82) is 0 Å². The highest BCUT2D eigenvalue weighted by atomic mass is 19.1. The van der Waals surface area contributed by atoms with Crippen LogP contribution in [0.15, 0.2) is 18.5 Å². The molecule has 3 heteroatoms. The maximum Gasteiger partial charge on any atom is 0.102 e. The number of rotatable bonds is 1. The van der Waals surface area contributed by atoms with Crippen molar-refractivity contribution >= 4 is 0 Å². The summed E-state index contributed by atoms with van der Waals surface area (Å²) < 4.78 is 14.6. The Kier molecular flexibility index (Phi) is 1.64. The molecule has 2 rings (SSSR count). The van der Waals surface area contributed by atoms with E-state index in [1.54, 1.807) is 6.20 Å². The predicted molar refractivity (Wildman–Crippen MR) is 40.0 cm³/mol. The summed E-state index contributed by atoms with van der Waals surface area (Å²) in [5.74, 6) is 0. The lowest BCUT2D eigenvalue weighted by molar-refractivity contribution is 0.326. The van der Waals surface area contributed by atoms with Gasteiger partial charge in [0, 0.05) is 18.8 Å². The molecule has 2 unspecified atom stereocenters. The molecule has 1 saturated carbocycles. The third-order valence-electron chi connectivity index (χ3n) is 2.24. The number of nitrogens with zero attached hydrogens (tertiary/aromatic N) is 2. The van der Waals surface area contributed by atoms with Gasteiger partial charge in [0.1, 0.15) is 6.17 Å². The number of aromatic nitrogens is 2. The highest BCUT2D eigenvalue weighted by Crippen LogP contribution is 2.30. The first kappa shape index (κ1) is 6.83. The second kappa shape index (κ2) is 2.64. The summed E-state index contributed by atoms with van der Waals surface area (Å²) in [6, 6.07) is 2.19. The molecule has 1 aliphatic rings. The second-order valence-electron chi connectivity index (χ2n) is 3.05. The van der Waals surface area contributed by atoms with Crippen molar-refractivity contribution < 1.29 is 4.39 Å². The van der Waals surface area contributed by atoms with E-state index in [0.717, 1.165) is 6.42 Å². The van der Waals surface area contributed by atoms with E-state index in [2.05, 4.69) is 5.10 Å². The number of hydrogen-bond donors (Lipinski definition) is 0. The van der Waals surface area contributed by atoms with Crippen LogP contribution in [-0.2, 0) is 0 Å². The summed E-state index contributed by atoms with van der Waals surface area (Å²) in [5, 5.41) is 4.08. The zero-order chi connectivity index (χ0) is 7.68. The quantitative estimate of drug-likeness (QED) is 0.604. The lowest BCUT2D eigenvalue weighted by atomic mass is 10.2. The summed E-state index contributed by atoms with van der Waals surface area (Å²) in [4.78, 5) is 0. The van der Waals surface area contributed by atoms with Gasteiger partial charge in [-0.3, -0.25) is 4.68 Å². The van der Waals surface area contributed by atoms with Gasteiger partial charge in [-0.25, -0.2) is 4.39 Å². The third-order valence-corrected chi connectivity index (χ3v) is 2.24. The molecular weight excluding hydrogens is 143 g/mol. The predicted octanol–water partition coefficient (Wildman–Crippen LogP) is 1.95. The van der Waals surface area contributed by atoms with Crippen LogP contribution in [0.3, 0.4) is 0 Å². The second-order valence-corrected chi connectivity index (χ2v) is 3.05. The van der Waals surface area contributed by atoms with Gasteiger partial charge in [-0.1, -0.05) is 0 Å². The molecule has 0 N–H and O–H groups in total. The fraction of sp³-hybridized carbons (Fsp3) is 0.625. The van der Waals surface area contributed by atoms with Gasteiger partial charge < -0.3 is 0 Å². The van der Waals surface area contributed by atoms with Gasteiger partial charge >= 0.3 is 0 Å². The molecule has 0 saturated heterocycles. The molecule has 0 spiro atoms. The molecule has 1 fully saturated rings. The molecule has 1 aromatic heterocycles. The molecule has 2 atom stereocenters. The van der Waals surface area contributed by atoms with Crippen LogP contribution in [0.2, 0.25) is 0 Å². The molecule has 1 aliphatic carbocycles. The van der Waals surface area contributed by atoms with Gasteiger partial charge in [0.15, 0.2) is 0 Å². The fourth-order valence-corrected chi connectivity index (χ4v) is 1.64. The highest BCUT2D eigenvalue weighted by Gasteiger charge is 2.25. The van der Waals surface area contributed by atoms with Gasteiger partial charge in [-0.15, -0.1) is 0 Å². The van der Waals surface area contributed by atoms with Crippen molar-refractivity contribution in [2.24, 2.45) is 0 Å². The Morgan fingerprint density at radius 2 is 2.36 bits per heavy atom. The maximum absolute atomic E-state index is 12.7. The molecule has 11 heavy (non-hydrogen) atoms. The molecule has 0 aromatic carbocycles. The zero-order valence-electron chi connectivity index (χ0n) is 6.28. The van der Waals surface area contributed by atoms with Gasteiger partial charge in [-0.05, 0) is 18.9 Å². The van der Waals surface area contributed by atoms with Crippen LogP contribution in [-0.4, -0.2) is 16.0 Å². The Morgan fingerprint density at radius 3 is 2.91 bits per heavy atom. The van der Waals surface area contributed by atoms with Crippen molar-refractivity contribution in [3.63, 3.8) is 0 Å². The standard InChI is InChI=1S/C8H11FN2/c9-7-2-3-8(6-7)11-5-1-4-10-11/h1,4-5,7-8H,2-3,6H2. The molecule has 0 aliphatic heterocycles. The molecule has 0 bridgehead atoms. The largest absolute Gasteiger partial charge is 0.270 e. The van der Waals surface area contributed by atoms with E-state index in [1.165, 1.54) is 0 Å². The van der Waals surface area contributed by atoms with E-state index >= 15 is 0 Å². The molecule has 1 aromatic rings. The van der Waals surface area contributed by atoms with Gasteiger partial charge in [0.2, 0.25) is 0 Å². The average molecular weight is 154 g/mol. The van der Waals surface area contributed by atoms with Gasteiger partial charge in [0.25, 0.3) is 0 Å². The lowest BCUT2D eigenvalue weighted by Crippen LogP contribution is -2.05. The van der Waals surface area contributed by atoms with Crippen molar-refractivity contribution in [3.05, 3.63) is 18.5 Å². The number of halogens is 1. The first-order valence-electron chi connectivity index (χ1n) is 3.99. The molecule has 0 amide bonds. The SMILES string of the molecule is FC1CCC(n2cccn2)C1. The summed E-state index contributed by atoms with van der Waals surface area (Å²) in [5.41, 5.74) is 0. The van der Waals surface area contributed by atoms with E-state index in [4.69, 9.17) is 0 Å². The molecule has 60 valence electrons. The van der Waals surface area contributed by atoms with Gasteiger partial charge in [0.05, 0.1) is 6.04 Å². The Hall–Kier alpha value is -0.860. The Bertz CT molecular complexity index is 220. The Labute approximate surface area is 65.0 Å². The third kappa shape index (κ3) is 1.27. The van der Waals surface area contributed by atoms with Crippen LogP contribution < -0.4 is 0 Å². The fourth-order valence-electron chi connectivity index (χ4n) is 1.64. The maximum atomic E-state index is 12.7. The van der Waals surface area contributed by atoms with Gasteiger partial charge in [-0.2, -0.15) is 5.10 Å². The van der Waals surface area contributed by atoms with E-state index in [9.17, 15) is 4.39 Å². The van der Waals surface area contributed by atoms with Crippen molar-refractivity contribution in [1.82, 2.24) is 9.78 Å². The number of alkyl halides is 1. The molecular formula is C8H11FN2. The summed E-state index contributed by atoms with van der Waals surface area (Å²) in [7, 11) is 0. The van der Waals surface area contributed by atoms with Crippen LogP contribution in [0, 0.1) is 0 Å². The molecule has 2 nitrogen and oxygen atoms in total. The summed E-state index contributed by atoms with van der Waals surface area (Å²) >= 11 is 0. The van der Waals surface area contributed by atoms with E-state index in [1.807, 2.05) is 16.9 Å². The Balaban J connectivity index is 2.08. The van der Waals surface area contributed by atoms with Crippen molar-refractivity contribution in [2.75, 3.05) is 0 Å². The monoisotopic (exact) mass is 154 g/mol. The summed E-state index contributed by atoms with van der Waals surface area (Å²) in [6.07, 6.45) is 5.31.